The first kappa shape index (κ1) is 14.9. The van der Waals surface area contributed by atoms with Gasteiger partial charge >= 0.3 is 0 Å². The van der Waals surface area contributed by atoms with Crippen LogP contribution in [-0.4, -0.2) is 45.2 Å². The van der Waals surface area contributed by atoms with Gasteiger partial charge in [0.05, 0.1) is 6.10 Å². The zero-order valence-corrected chi connectivity index (χ0v) is 12.6. The molecule has 2 fully saturated rings. The molecule has 0 bridgehead atoms. The second-order valence-electron chi connectivity index (χ2n) is 6.54. The maximum Gasteiger partial charge on any atom is 0.131 e. The summed E-state index contributed by atoms with van der Waals surface area (Å²) in [7, 11) is 0. The van der Waals surface area contributed by atoms with Crippen molar-refractivity contribution in [2.45, 2.75) is 63.1 Å². The molecular formula is C16H26N4O. The van der Waals surface area contributed by atoms with Crippen molar-refractivity contribution >= 4 is 0 Å². The van der Waals surface area contributed by atoms with E-state index in [0.29, 0.717) is 12.5 Å². The molecule has 21 heavy (non-hydrogen) atoms. The predicted molar refractivity (Wildman–Crippen MR) is 81.7 cm³/mol. The molecular weight excluding hydrogens is 264 g/mol. The fourth-order valence-corrected chi connectivity index (χ4v) is 3.44. The molecule has 0 amide bonds. The van der Waals surface area contributed by atoms with Gasteiger partial charge < -0.3 is 10.8 Å². The van der Waals surface area contributed by atoms with E-state index in [4.69, 9.17) is 5.73 Å². The van der Waals surface area contributed by atoms with Gasteiger partial charge in [-0.2, -0.15) is 0 Å². The van der Waals surface area contributed by atoms with Crippen LogP contribution in [0.1, 0.15) is 55.8 Å². The van der Waals surface area contributed by atoms with E-state index in [1.807, 2.05) is 12.4 Å². The van der Waals surface area contributed by atoms with E-state index in [2.05, 4.69) is 14.9 Å². The van der Waals surface area contributed by atoms with Crippen molar-refractivity contribution in [3.63, 3.8) is 0 Å². The minimum atomic E-state index is -0.416. The number of likely N-dealkylation sites (tertiary alicyclic amines) is 1. The van der Waals surface area contributed by atoms with Crippen LogP contribution >= 0.6 is 0 Å². The van der Waals surface area contributed by atoms with Gasteiger partial charge in [0.2, 0.25) is 0 Å². The molecule has 5 nitrogen and oxygen atoms in total. The molecule has 0 radical (unpaired) electrons. The standard InChI is InChI=1S/C16H26N4O/c17-14-6-7-20(11-15(14)21)10-12-8-18-16(19-9-12)13-4-2-1-3-5-13/h8-9,13-15,21H,1-7,10-11,17H2/t14-,15-/m1/s1. The average Bonchev–Trinajstić information content (AvgIpc) is 2.53. The summed E-state index contributed by atoms with van der Waals surface area (Å²) in [5, 5.41) is 9.84. The van der Waals surface area contributed by atoms with Gasteiger partial charge in [0.15, 0.2) is 0 Å². The largest absolute Gasteiger partial charge is 0.390 e. The van der Waals surface area contributed by atoms with Gasteiger partial charge in [-0.1, -0.05) is 19.3 Å². The predicted octanol–water partition coefficient (Wildman–Crippen LogP) is 1.42. The number of piperidine rings is 1. The quantitative estimate of drug-likeness (QED) is 0.880. The van der Waals surface area contributed by atoms with Crippen LogP contribution in [0.25, 0.3) is 0 Å². The SMILES string of the molecule is N[C@@H]1CCN(Cc2cnc(C3CCCCC3)nc2)C[C@H]1O. The molecule has 1 aliphatic heterocycles. The van der Waals surface area contributed by atoms with Crippen molar-refractivity contribution in [1.29, 1.82) is 0 Å². The highest BCUT2D eigenvalue weighted by molar-refractivity contribution is 5.08. The average molecular weight is 290 g/mol. The topological polar surface area (TPSA) is 75.3 Å². The lowest BCUT2D eigenvalue weighted by Gasteiger charge is -2.33. The third-order valence-electron chi connectivity index (χ3n) is 4.82. The molecule has 2 aliphatic rings. The summed E-state index contributed by atoms with van der Waals surface area (Å²) in [5.41, 5.74) is 6.96. The van der Waals surface area contributed by atoms with Crippen LogP contribution in [0.15, 0.2) is 12.4 Å². The van der Waals surface area contributed by atoms with Gasteiger partial charge in [0.1, 0.15) is 5.82 Å². The molecule has 1 aromatic heterocycles. The first-order valence-electron chi connectivity index (χ1n) is 8.19. The molecule has 3 rings (SSSR count). The molecule has 1 aliphatic carbocycles. The van der Waals surface area contributed by atoms with Gasteiger partial charge in [-0.25, -0.2) is 9.97 Å². The van der Waals surface area contributed by atoms with Gasteiger partial charge in [-0.3, -0.25) is 4.90 Å². The van der Waals surface area contributed by atoms with E-state index in [1.165, 1.54) is 32.1 Å². The fraction of sp³-hybridized carbons (Fsp3) is 0.750. The molecule has 3 N–H and O–H groups in total. The van der Waals surface area contributed by atoms with E-state index in [1.54, 1.807) is 0 Å². The Kier molecular flexibility index (Phi) is 4.83. The van der Waals surface area contributed by atoms with Gasteiger partial charge in [0.25, 0.3) is 0 Å². The number of hydrogen-bond acceptors (Lipinski definition) is 5. The Hall–Kier alpha value is -1.04. The molecule has 1 saturated heterocycles. The molecule has 1 aromatic rings. The lowest BCUT2D eigenvalue weighted by Crippen LogP contribution is -2.50. The van der Waals surface area contributed by atoms with Crippen molar-refractivity contribution in [1.82, 2.24) is 14.9 Å². The third kappa shape index (κ3) is 3.78. The number of nitrogens with zero attached hydrogens (tertiary/aromatic N) is 3. The van der Waals surface area contributed by atoms with E-state index in [9.17, 15) is 5.11 Å². The Bertz CT molecular complexity index is 444. The highest BCUT2D eigenvalue weighted by Crippen LogP contribution is 2.30. The Morgan fingerprint density at radius 1 is 1.14 bits per heavy atom. The lowest BCUT2D eigenvalue weighted by atomic mass is 9.89. The summed E-state index contributed by atoms with van der Waals surface area (Å²) in [6.45, 7) is 2.38. The van der Waals surface area contributed by atoms with Gasteiger partial charge in [0, 0.05) is 49.6 Å². The summed E-state index contributed by atoms with van der Waals surface area (Å²) < 4.78 is 0. The van der Waals surface area contributed by atoms with Gasteiger partial charge in [-0.15, -0.1) is 0 Å². The molecule has 0 unspecified atom stereocenters. The minimum absolute atomic E-state index is 0.0776. The van der Waals surface area contributed by atoms with Crippen LogP contribution in [-0.2, 0) is 6.54 Å². The van der Waals surface area contributed by atoms with Crippen LogP contribution in [0.5, 0.6) is 0 Å². The monoisotopic (exact) mass is 290 g/mol. The molecule has 5 heteroatoms. The number of β-amino-alcohol motifs (C(OH)–C–C–N with tert-alkyl or cyclic N) is 1. The van der Waals surface area contributed by atoms with Crippen LogP contribution in [0, 0.1) is 0 Å². The van der Waals surface area contributed by atoms with Crippen LogP contribution in [0.3, 0.4) is 0 Å². The summed E-state index contributed by atoms with van der Waals surface area (Å²) in [6, 6.07) is -0.0776. The number of aliphatic hydroxyl groups is 1. The second kappa shape index (κ2) is 6.81. The zero-order chi connectivity index (χ0) is 14.7. The maximum absolute atomic E-state index is 9.84. The normalized spacial score (nSPS) is 28.7. The maximum atomic E-state index is 9.84. The first-order valence-corrected chi connectivity index (χ1v) is 8.19. The highest BCUT2D eigenvalue weighted by Gasteiger charge is 2.25. The number of aromatic nitrogens is 2. The molecule has 0 spiro atoms. The fourth-order valence-electron chi connectivity index (χ4n) is 3.44. The lowest BCUT2D eigenvalue weighted by molar-refractivity contribution is 0.0498. The summed E-state index contributed by atoms with van der Waals surface area (Å²) in [5.74, 6) is 1.57. The van der Waals surface area contributed by atoms with Crippen LogP contribution in [0.2, 0.25) is 0 Å². The van der Waals surface area contributed by atoms with Crippen LogP contribution in [0.4, 0.5) is 0 Å². The van der Waals surface area contributed by atoms with Gasteiger partial charge in [-0.05, 0) is 19.3 Å². The Labute approximate surface area is 126 Å². The second-order valence-corrected chi connectivity index (χ2v) is 6.54. The van der Waals surface area contributed by atoms with Crippen molar-refractivity contribution in [2.75, 3.05) is 13.1 Å². The summed E-state index contributed by atoms with van der Waals surface area (Å²) >= 11 is 0. The van der Waals surface area contributed by atoms with E-state index in [0.717, 1.165) is 30.9 Å². The van der Waals surface area contributed by atoms with Crippen LogP contribution < -0.4 is 5.73 Å². The van der Waals surface area contributed by atoms with E-state index in [-0.39, 0.29) is 6.04 Å². The summed E-state index contributed by atoms with van der Waals surface area (Å²) in [4.78, 5) is 11.4. The van der Waals surface area contributed by atoms with Crippen molar-refractivity contribution in [3.8, 4) is 0 Å². The molecule has 116 valence electrons. The first-order chi connectivity index (χ1) is 10.2. The zero-order valence-electron chi connectivity index (χ0n) is 12.6. The van der Waals surface area contributed by atoms with Crippen molar-refractivity contribution in [2.24, 2.45) is 5.73 Å². The Morgan fingerprint density at radius 2 is 1.86 bits per heavy atom. The summed E-state index contributed by atoms with van der Waals surface area (Å²) in [6.07, 6.45) is 10.8. The Balaban J connectivity index is 1.57. The number of hydrogen-bond donors (Lipinski definition) is 2. The Morgan fingerprint density at radius 3 is 2.52 bits per heavy atom. The number of nitrogens with two attached hydrogens (primary N) is 1. The molecule has 1 saturated carbocycles. The van der Waals surface area contributed by atoms with Crippen molar-refractivity contribution < 1.29 is 5.11 Å². The van der Waals surface area contributed by atoms with E-state index < -0.39 is 6.10 Å². The minimum Gasteiger partial charge on any atom is -0.390 e. The molecule has 0 aromatic carbocycles. The van der Waals surface area contributed by atoms with E-state index >= 15 is 0 Å². The number of rotatable bonds is 3. The molecule has 2 atom stereocenters. The molecule has 2 heterocycles. The highest BCUT2D eigenvalue weighted by atomic mass is 16.3. The number of aliphatic hydroxyl groups excluding tert-OH is 1. The third-order valence-corrected chi connectivity index (χ3v) is 4.82. The smallest absolute Gasteiger partial charge is 0.131 e. The van der Waals surface area contributed by atoms with Crippen molar-refractivity contribution in [3.05, 3.63) is 23.8 Å².